The Morgan fingerprint density at radius 1 is 1.17 bits per heavy atom. The Morgan fingerprint density at radius 2 is 1.93 bits per heavy atom. The van der Waals surface area contributed by atoms with Crippen LogP contribution in [0.15, 0.2) is 6.33 Å². The van der Waals surface area contributed by atoms with Crippen LogP contribution in [0, 0.1) is 0 Å². The van der Waals surface area contributed by atoms with Gasteiger partial charge < -0.3 is 34.9 Å². The third-order valence-electron chi connectivity index (χ3n) is 6.95. The molecule has 4 unspecified atom stereocenters. The number of hydrogen-bond donors (Lipinski definition) is 5. The number of rotatable bonds is 22. The predicted molar refractivity (Wildman–Crippen MR) is 163 cm³/mol. The maximum atomic E-state index is 14.2. The third-order valence-corrected chi connectivity index (χ3v) is 8.97. The molecular formula is C27H50N8O6P+. The maximum Gasteiger partial charge on any atom is 0.323 e. The lowest BCUT2D eigenvalue weighted by Gasteiger charge is -2.29. The van der Waals surface area contributed by atoms with Crippen molar-refractivity contribution in [2.24, 2.45) is 0 Å². The summed E-state index contributed by atoms with van der Waals surface area (Å²) in [5, 5.41) is 20.1. The second kappa shape index (κ2) is 17.1. The molecule has 1 aliphatic rings. The molecule has 0 spiro atoms. The molecule has 2 aromatic heterocycles. The van der Waals surface area contributed by atoms with E-state index in [-0.39, 0.29) is 18.9 Å². The fraction of sp³-hybridized carbons (Fsp3) is 0.778. The van der Waals surface area contributed by atoms with Gasteiger partial charge in [0.1, 0.15) is 25.0 Å². The minimum absolute atomic E-state index is 0.149. The second-order valence-electron chi connectivity index (χ2n) is 10.7. The minimum Gasteiger partial charge on any atom is -0.465 e. The Kier molecular flexibility index (Phi) is 13.9. The number of aromatic nitrogens is 4. The van der Waals surface area contributed by atoms with Crippen LogP contribution < -0.4 is 21.2 Å². The molecule has 42 heavy (non-hydrogen) atoms. The molecule has 0 aromatic carbocycles. The van der Waals surface area contributed by atoms with E-state index in [2.05, 4.69) is 42.1 Å². The van der Waals surface area contributed by atoms with Gasteiger partial charge in [0.2, 0.25) is 13.4 Å². The highest BCUT2D eigenvalue weighted by Crippen LogP contribution is 2.39. The second-order valence-corrected chi connectivity index (χ2v) is 12.9. The summed E-state index contributed by atoms with van der Waals surface area (Å²) in [6.07, 6.45) is 6.85. The van der Waals surface area contributed by atoms with Crippen molar-refractivity contribution in [1.29, 1.82) is 0 Å². The van der Waals surface area contributed by atoms with E-state index in [1.807, 2.05) is 25.3 Å². The van der Waals surface area contributed by atoms with Gasteiger partial charge in [0.05, 0.1) is 19.5 Å². The number of nitrogen functional groups attached to an aromatic ring is 1. The predicted octanol–water partition coefficient (Wildman–Crippen LogP) is 2.88. The van der Waals surface area contributed by atoms with Crippen molar-refractivity contribution in [3.63, 3.8) is 0 Å². The fourth-order valence-electron chi connectivity index (χ4n) is 4.24. The van der Waals surface area contributed by atoms with Gasteiger partial charge in [-0.05, 0) is 38.5 Å². The van der Waals surface area contributed by atoms with E-state index in [1.165, 1.54) is 0 Å². The molecule has 1 fully saturated rings. The number of aliphatic hydroxyl groups is 3. The third kappa shape index (κ3) is 10.4. The molecule has 2 aromatic rings. The highest BCUT2D eigenvalue weighted by molar-refractivity contribution is 7.59. The van der Waals surface area contributed by atoms with Gasteiger partial charge in [0.15, 0.2) is 17.0 Å². The number of nitrogens with two attached hydrogens (primary N) is 1. The van der Waals surface area contributed by atoms with Gasteiger partial charge in [-0.1, -0.05) is 34.1 Å². The van der Waals surface area contributed by atoms with E-state index in [0.717, 1.165) is 38.5 Å². The number of hydrogen-bond acceptors (Lipinski definition) is 10. The van der Waals surface area contributed by atoms with Gasteiger partial charge >= 0.3 is 5.97 Å². The average molecular weight is 614 g/mol. The lowest BCUT2D eigenvalue weighted by molar-refractivity contribution is -0.225. The van der Waals surface area contributed by atoms with Crippen molar-refractivity contribution in [2.75, 3.05) is 37.2 Å². The average Bonchev–Trinajstić information content (AvgIpc) is 3.70. The number of imidazole rings is 1. The minimum atomic E-state index is -3.55. The zero-order valence-electron chi connectivity index (χ0n) is 25.4. The summed E-state index contributed by atoms with van der Waals surface area (Å²) in [4.78, 5) is 25.9. The molecule has 3 rings (SSSR count). The monoisotopic (exact) mass is 613 g/mol. The van der Waals surface area contributed by atoms with Crippen LogP contribution in [0.5, 0.6) is 0 Å². The van der Waals surface area contributed by atoms with Crippen LogP contribution in [-0.4, -0.2) is 85.9 Å². The summed E-state index contributed by atoms with van der Waals surface area (Å²) in [6, 6.07) is -1.01. The van der Waals surface area contributed by atoms with Crippen molar-refractivity contribution in [2.45, 2.75) is 110 Å². The van der Waals surface area contributed by atoms with Crippen molar-refractivity contribution < 1.29 is 28.7 Å². The van der Waals surface area contributed by atoms with E-state index in [1.54, 1.807) is 6.33 Å². The molecule has 7 N–H and O–H groups in total. The molecule has 0 amide bonds. The Morgan fingerprint density at radius 3 is 2.60 bits per heavy atom. The molecule has 0 aliphatic heterocycles. The van der Waals surface area contributed by atoms with Gasteiger partial charge in [-0.15, -0.1) is 0 Å². The highest BCUT2D eigenvalue weighted by Gasteiger charge is 2.35. The van der Waals surface area contributed by atoms with Gasteiger partial charge in [-0.2, -0.15) is 9.97 Å². The summed E-state index contributed by atoms with van der Waals surface area (Å²) in [5.74, 6) is 0.297. The largest absolute Gasteiger partial charge is 0.465 e. The number of aliphatic hydroxyl groups excluding tert-OH is 1. The van der Waals surface area contributed by atoms with E-state index in [0.29, 0.717) is 55.6 Å². The highest BCUT2D eigenvalue weighted by atomic mass is 31.2. The molecule has 2 heterocycles. The standard InChI is InChI=1S/C27H49N8O6P/c1-5-9-14-40-25(36)20(7-3)33-42(38,34-21(8-4)26(37)41-15-10-6-2)18-39-16-13-35-17-29-22-23(30-19-11-12-19)31-27(28)32-24(22)35/h17,19-21,25,36H,5-16,18H2,1-4H3,(H2,33,34,38)(H3,28,30,31,32)/p+1. The SMILES string of the molecule is CCCCOC(=O)C(CC)NP(=O)(COCCn1cnc2c(NC3CC3)nc(N)nc21)NC(CC)C(O)[OH+]CCCC. The number of ether oxygens (including phenoxy) is 3. The van der Waals surface area contributed by atoms with Gasteiger partial charge in [-0.25, -0.2) is 15.2 Å². The molecule has 1 aliphatic carbocycles. The molecule has 1 saturated carbocycles. The van der Waals surface area contributed by atoms with Crippen molar-refractivity contribution >= 4 is 36.3 Å². The smallest absolute Gasteiger partial charge is 0.323 e. The van der Waals surface area contributed by atoms with Crippen LogP contribution in [0.4, 0.5) is 11.8 Å². The number of unbranched alkanes of at least 4 members (excludes halogenated alkanes) is 2. The van der Waals surface area contributed by atoms with E-state index in [4.69, 9.17) is 15.2 Å². The molecule has 0 bridgehead atoms. The van der Waals surface area contributed by atoms with Crippen LogP contribution in [0.3, 0.4) is 0 Å². The first kappa shape index (κ1) is 34.1. The summed E-state index contributed by atoms with van der Waals surface area (Å²) < 4.78 is 31.7. The zero-order chi connectivity index (χ0) is 30.5. The number of fused-ring (bicyclic) bond motifs is 1. The van der Waals surface area contributed by atoms with E-state index < -0.39 is 31.8 Å². The molecular weight excluding hydrogens is 563 g/mol. The van der Waals surface area contributed by atoms with Crippen LogP contribution >= 0.6 is 7.44 Å². The Labute approximate surface area is 248 Å². The normalized spacial score (nSPS) is 17.1. The molecule has 0 radical (unpaired) electrons. The molecule has 238 valence electrons. The van der Waals surface area contributed by atoms with E-state index >= 15 is 0 Å². The summed E-state index contributed by atoms with van der Waals surface area (Å²) in [5.41, 5.74) is 7.16. The Hall–Kier alpha value is -2.35. The van der Waals surface area contributed by atoms with Crippen LogP contribution in [0.25, 0.3) is 11.2 Å². The molecule has 14 nitrogen and oxygen atoms in total. The van der Waals surface area contributed by atoms with Crippen molar-refractivity contribution in [1.82, 2.24) is 29.7 Å². The number of nitrogens with one attached hydrogen (secondary N) is 3. The first-order valence-corrected chi connectivity index (χ1v) is 17.1. The molecule has 15 heteroatoms. The van der Waals surface area contributed by atoms with Gasteiger partial charge in [0.25, 0.3) is 6.29 Å². The quantitative estimate of drug-likeness (QED) is 0.0430. The first-order chi connectivity index (χ1) is 20.2. The zero-order valence-corrected chi connectivity index (χ0v) is 26.3. The Balaban J connectivity index is 1.68. The summed E-state index contributed by atoms with van der Waals surface area (Å²) >= 11 is 0. The van der Waals surface area contributed by atoms with Crippen molar-refractivity contribution in [3.05, 3.63) is 6.33 Å². The van der Waals surface area contributed by atoms with Crippen LogP contribution in [0.1, 0.15) is 79.1 Å². The van der Waals surface area contributed by atoms with Gasteiger partial charge in [-0.3, -0.25) is 9.36 Å². The van der Waals surface area contributed by atoms with Crippen LogP contribution in [0.2, 0.25) is 0 Å². The Bertz CT molecular complexity index is 1160. The number of esters is 1. The number of nitrogens with zero attached hydrogens (tertiary/aromatic N) is 4. The molecule has 0 saturated heterocycles. The first-order valence-electron chi connectivity index (χ1n) is 15.2. The fourth-order valence-corrected chi connectivity index (χ4v) is 6.49. The maximum absolute atomic E-state index is 14.2. The van der Waals surface area contributed by atoms with E-state index in [9.17, 15) is 14.5 Å². The number of carbonyl (C=O) groups is 1. The van der Waals surface area contributed by atoms with Crippen molar-refractivity contribution in [3.8, 4) is 0 Å². The number of anilines is 2. The lowest BCUT2D eigenvalue weighted by Crippen LogP contribution is -2.47. The summed E-state index contributed by atoms with van der Waals surface area (Å²) in [6.45, 7) is 9.14. The van der Waals surface area contributed by atoms with Crippen LogP contribution in [-0.2, 0) is 25.4 Å². The molecule has 4 atom stereocenters. The topological polar surface area (TPSA) is 191 Å². The lowest BCUT2D eigenvalue weighted by atomic mass is 10.2. The van der Waals surface area contributed by atoms with Gasteiger partial charge in [0, 0.05) is 19.0 Å². The number of carbonyl (C=O) groups excluding carboxylic acids is 1. The summed E-state index contributed by atoms with van der Waals surface area (Å²) in [7, 11) is -3.55.